The molecule has 0 N–H and O–H groups in total. The van der Waals surface area contributed by atoms with E-state index in [0.29, 0.717) is 11.3 Å². The van der Waals surface area contributed by atoms with Gasteiger partial charge in [-0.1, -0.05) is 45.0 Å². The second kappa shape index (κ2) is 6.60. The topological polar surface area (TPSA) is 26.3 Å². The van der Waals surface area contributed by atoms with Gasteiger partial charge in [-0.05, 0) is 64.3 Å². The van der Waals surface area contributed by atoms with Crippen LogP contribution in [0.5, 0.6) is 5.75 Å². The lowest BCUT2D eigenvalue weighted by Gasteiger charge is -2.23. The Kier molecular flexibility index (Phi) is 5.04. The molecule has 0 saturated heterocycles. The van der Waals surface area contributed by atoms with Crippen molar-refractivity contribution >= 4 is 28.6 Å². The van der Waals surface area contributed by atoms with Crippen molar-refractivity contribution in [3.05, 3.63) is 63.2 Å². The third-order valence-electron chi connectivity index (χ3n) is 3.82. The summed E-state index contributed by atoms with van der Waals surface area (Å²) in [6.07, 6.45) is 1.06. The minimum atomic E-state index is -0.317. The molecule has 2 aromatic rings. The van der Waals surface area contributed by atoms with Gasteiger partial charge in [-0.15, -0.1) is 0 Å². The molecule has 0 atom stereocenters. The highest BCUT2D eigenvalue weighted by atomic mass is 127. The lowest BCUT2D eigenvalue weighted by atomic mass is 9.82. The van der Waals surface area contributed by atoms with Gasteiger partial charge in [0.05, 0.1) is 5.56 Å². The van der Waals surface area contributed by atoms with Crippen LogP contribution in [0, 0.1) is 3.57 Å². The van der Waals surface area contributed by atoms with E-state index >= 15 is 0 Å². The standard InChI is InChI=1S/C18H19IO2/c1-4-18(2,3)13-9-11-14(12-10-13)21-17(20)15-7-5-6-8-16(15)19/h5-12H,4H2,1-3H3. The first-order chi connectivity index (χ1) is 9.94. The van der Waals surface area contributed by atoms with Gasteiger partial charge >= 0.3 is 5.97 Å². The van der Waals surface area contributed by atoms with E-state index < -0.39 is 0 Å². The van der Waals surface area contributed by atoms with Crippen LogP contribution in [0.2, 0.25) is 0 Å². The Hall–Kier alpha value is -1.36. The van der Waals surface area contributed by atoms with Gasteiger partial charge < -0.3 is 4.74 Å². The second-order valence-corrected chi connectivity index (χ2v) is 6.79. The Morgan fingerprint density at radius 3 is 2.29 bits per heavy atom. The van der Waals surface area contributed by atoms with Gasteiger partial charge in [0.15, 0.2) is 0 Å². The SMILES string of the molecule is CCC(C)(C)c1ccc(OC(=O)c2ccccc2I)cc1. The number of benzene rings is 2. The van der Waals surface area contributed by atoms with E-state index in [9.17, 15) is 4.79 Å². The molecule has 2 nitrogen and oxygen atoms in total. The van der Waals surface area contributed by atoms with Gasteiger partial charge in [0, 0.05) is 3.57 Å². The molecule has 0 spiro atoms. The Bertz CT molecular complexity index is 630. The third kappa shape index (κ3) is 3.84. The summed E-state index contributed by atoms with van der Waals surface area (Å²) in [6.45, 7) is 6.59. The Morgan fingerprint density at radius 2 is 1.71 bits per heavy atom. The molecule has 2 rings (SSSR count). The monoisotopic (exact) mass is 394 g/mol. The first kappa shape index (κ1) is 16.0. The average molecular weight is 394 g/mol. The van der Waals surface area contributed by atoms with E-state index in [1.165, 1.54) is 5.56 Å². The maximum atomic E-state index is 12.1. The molecule has 0 bridgehead atoms. The summed E-state index contributed by atoms with van der Waals surface area (Å²) < 4.78 is 6.33. The first-order valence-corrected chi connectivity index (χ1v) is 8.09. The number of rotatable bonds is 4. The van der Waals surface area contributed by atoms with E-state index in [2.05, 4.69) is 43.4 Å². The third-order valence-corrected chi connectivity index (χ3v) is 4.76. The van der Waals surface area contributed by atoms with E-state index in [1.807, 2.05) is 42.5 Å². The molecule has 0 fully saturated rings. The van der Waals surface area contributed by atoms with Crippen LogP contribution in [0.25, 0.3) is 0 Å². The Labute approximate surface area is 139 Å². The van der Waals surface area contributed by atoms with Crippen LogP contribution >= 0.6 is 22.6 Å². The van der Waals surface area contributed by atoms with E-state index in [1.54, 1.807) is 6.07 Å². The zero-order chi connectivity index (χ0) is 15.5. The molecule has 0 saturated carbocycles. The quantitative estimate of drug-likeness (QED) is 0.405. The van der Waals surface area contributed by atoms with Crippen molar-refractivity contribution in [2.24, 2.45) is 0 Å². The number of halogens is 1. The van der Waals surface area contributed by atoms with Crippen molar-refractivity contribution in [3.63, 3.8) is 0 Å². The number of carbonyl (C=O) groups excluding carboxylic acids is 1. The minimum absolute atomic E-state index is 0.136. The maximum absolute atomic E-state index is 12.1. The van der Waals surface area contributed by atoms with Crippen molar-refractivity contribution in [3.8, 4) is 5.75 Å². The van der Waals surface area contributed by atoms with Crippen LogP contribution in [0.4, 0.5) is 0 Å². The highest BCUT2D eigenvalue weighted by Gasteiger charge is 2.18. The summed E-state index contributed by atoms with van der Waals surface area (Å²) >= 11 is 2.14. The lowest BCUT2D eigenvalue weighted by Crippen LogP contribution is -2.15. The highest BCUT2D eigenvalue weighted by Crippen LogP contribution is 2.28. The van der Waals surface area contributed by atoms with Crippen LogP contribution in [0.3, 0.4) is 0 Å². The molecule has 0 amide bonds. The molecule has 0 aliphatic rings. The molecule has 0 aliphatic carbocycles. The Balaban J connectivity index is 2.14. The number of hydrogen-bond acceptors (Lipinski definition) is 2. The van der Waals surface area contributed by atoms with Gasteiger partial charge in [0.2, 0.25) is 0 Å². The van der Waals surface area contributed by atoms with Gasteiger partial charge in [-0.2, -0.15) is 0 Å². The van der Waals surface area contributed by atoms with Crippen LogP contribution < -0.4 is 4.74 Å². The van der Waals surface area contributed by atoms with Crippen molar-refractivity contribution in [2.45, 2.75) is 32.6 Å². The smallest absolute Gasteiger partial charge is 0.344 e. The molecular weight excluding hydrogens is 375 g/mol. The highest BCUT2D eigenvalue weighted by molar-refractivity contribution is 14.1. The van der Waals surface area contributed by atoms with Crippen LogP contribution in [0.1, 0.15) is 43.1 Å². The number of carbonyl (C=O) groups is 1. The molecule has 0 heterocycles. The van der Waals surface area contributed by atoms with Gasteiger partial charge in [0.25, 0.3) is 0 Å². The molecule has 0 radical (unpaired) electrons. The molecular formula is C18H19IO2. The lowest BCUT2D eigenvalue weighted by molar-refractivity contribution is 0.0733. The molecule has 0 unspecified atom stereocenters. The van der Waals surface area contributed by atoms with Crippen molar-refractivity contribution < 1.29 is 9.53 Å². The fourth-order valence-electron chi connectivity index (χ4n) is 1.97. The van der Waals surface area contributed by atoms with Gasteiger partial charge in [0.1, 0.15) is 5.75 Å². The molecule has 21 heavy (non-hydrogen) atoms. The number of esters is 1. The average Bonchev–Trinajstić information content (AvgIpc) is 2.48. The van der Waals surface area contributed by atoms with Gasteiger partial charge in [-0.25, -0.2) is 4.79 Å². The van der Waals surface area contributed by atoms with Crippen LogP contribution in [0.15, 0.2) is 48.5 Å². The first-order valence-electron chi connectivity index (χ1n) is 7.01. The van der Waals surface area contributed by atoms with Gasteiger partial charge in [-0.3, -0.25) is 0 Å². The second-order valence-electron chi connectivity index (χ2n) is 5.63. The summed E-state index contributed by atoms with van der Waals surface area (Å²) in [7, 11) is 0. The van der Waals surface area contributed by atoms with Crippen molar-refractivity contribution in [1.82, 2.24) is 0 Å². The fraction of sp³-hybridized carbons (Fsp3) is 0.278. The van der Waals surface area contributed by atoms with E-state index in [-0.39, 0.29) is 11.4 Å². The summed E-state index contributed by atoms with van der Waals surface area (Å²) in [4.78, 5) is 12.1. The van der Waals surface area contributed by atoms with Crippen LogP contribution in [-0.4, -0.2) is 5.97 Å². The Morgan fingerprint density at radius 1 is 1.10 bits per heavy atom. The van der Waals surface area contributed by atoms with Crippen molar-refractivity contribution in [1.29, 1.82) is 0 Å². The molecule has 110 valence electrons. The molecule has 3 heteroatoms. The molecule has 2 aromatic carbocycles. The number of hydrogen-bond donors (Lipinski definition) is 0. The molecule has 0 aromatic heterocycles. The largest absolute Gasteiger partial charge is 0.423 e. The zero-order valence-corrected chi connectivity index (χ0v) is 14.7. The predicted octanol–water partition coefficient (Wildman–Crippen LogP) is 5.20. The fourth-order valence-corrected chi connectivity index (χ4v) is 2.57. The number of ether oxygens (including phenoxy) is 1. The summed E-state index contributed by atoms with van der Waals surface area (Å²) in [5.74, 6) is 0.262. The summed E-state index contributed by atoms with van der Waals surface area (Å²) in [5.41, 5.74) is 1.98. The summed E-state index contributed by atoms with van der Waals surface area (Å²) in [6, 6.07) is 15.2. The maximum Gasteiger partial charge on any atom is 0.344 e. The van der Waals surface area contributed by atoms with Crippen LogP contribution in [-0.2, 0) is 5.41 Å². The summed E-state index contributed by atoms with van der Waals surface area (Å²) in [5, 5.41) is 0. The van der Waals surface area contributed by atoms with Crippen molar-refractivity contribution in [2.75, 3.05) is 0 Å². The zero-order valence-electron chi connectivity index (χ0n) is 12.5. The molecule has 0 aliphatic heterocycles. The van der Waals surface area contributed by atoms with E-state index in [4.69, 9.17) is 4.74 Å². The predicted molar refractivity (Wildman–Crippen MR) is 93.9 cm³/mol. The minimum Gasteiger partial charge on any atom is -0.423 e. The van der Waals surface area contributed by atoms with E-state index in [0.717, 1.165) is 9.99 Å². The normalized spacial score (nSPS) is 11.2.